The number of aromatic nitrogens is 3. The fourth-order valence-corrected chi connectivity index (χ4v) is 2.52. The number of amides is 1. The summed E-state index contributed by atoms with van der Waals surface area (Å²) in [7, 11) is 0. The summed E-state index contributed by atoms with van der Waals surface area (Å²) < 4.78 is 7.06. The highest BCUT2D eigenvalue weighted by atomic mass is 16.5. The topological polar surface area (TPSA) is 73.0 Å². The number of nitrogens with zero attached hydrogens (tertiary/aromatic N) is 3. The molecule has 1 aromatic carbocycles. The van der Waals surface area contributed by atoms with E-state index in [9.17, 15) is 4.79 Å². The van der Waals surface area contributed by atoms with Crippen molar-refractivity contribution in [3.05, 3.63) is 65.3 Å². The number of aryl methyl sites for hydroxylation is 1. The highest BCUT2D eigenvalue weighted by Crippen LogP contribution is 2.22. The number of hydrogen-bond donors (Lipinski definition) is 1. The zero-order chi connectivity index (χ0) is 17.1. The molecule has 0 radical (unpaired) electrons. The zero-order valence-corrected chi connectivity index (χ0v) is 14.0. The third-order valence-corrected chi connectivity index (χ3v) is 3.80. The summed E-state index contributed by atoms with van der Waals surface area (Å²) in [5.74, 6) is 0.577. The molecule has 0 unspecified atom stereocenters. The van der Waals surface area contributed by atoms with Crippen molar-refractivity contribution in [1.82, 2.24) is 20.3 Å². The average molecular weight is 324 g/mol. The largest absolute Gasteiger partial charge is 0.360 e. The SMILES string of the molecule is Cc1noc(C(C)C)c1C(=O)NCc1ccc(-n2cccn2)cc1. The summed E-state index contributed by atoms with van der Waals surface area (Å²) in [5, 5.41) is 11.0. The van der Waals surface area contributed by atoms with Gasteiger partial charge >= 0.3 is 0 Å². The van der Waals surface area contributed by atoms with E-state index in [1.165, 1.54) is 0 Å². The van der Waals surface area contributed by atoms with E-state index in [1.54, 1.807) is 17.8 Å². The van der Waals surface area contributed by atoms with Crippen molar-refractivity contribution in [1.29, 1.82) is 0 Å². The molecule has 0 atom stereocenters. The monoisotopic (exact) mass is 324 g/mol. The van der Waals surface area contributed by atoms with E-state index in [-0.39, 0.29) is 11.8 Å². The molecule has 0 bridgehead atoms. The summed E-state index contributed by atoms with van der Waals surface area (Å²) in [5.41, 5.74) is 3.15. The number of benzene rings is 1. The van der Waals surface area contributed by atoms with Crippen LogP contribution in [-0.2, 0) is 6.54 Å². The van der Waals surface area contributed by atoms with Crippen molar-refractivity contribution in [2.24, 2.45) is 0 Å². The number of carbonyl (C=O) groups excluding carboxylic acids is 1. The van der Waals surface area contributed by atoms with Crippen LogP contribution in [0.2, 0.25) is 0 Å². The van der Waals surface area contributed by atoms with E-state index in [0.29, 0.717) is 23.6 Å². The van der Waals surface area contributed by atoms with Gasteiger partial charge in [0.15, 0.2) is 5.76 Å². The molecular weight excluding hydrogens is 304 g/mol. The van der Waals surface area contributed by atoms with Crippen molar-refractivity contribution >= 4 is 5.91 Å². The molecule has 24 heavy (non-hydrogen) atoms. The van der Waals surface area contributed by atoms with Crippen LogP contribution in [0.4, 0.5) is 0 Å². The molecule has 1 N–H and O–H groups in total. The lowest BCUT2D eigenvalue weighted by atomic mass is 10.0. The van der Waals surface area contributed by atoms with E-state index in [0.717, 1.165) is 11.3 Å². The van der Waals surface area contributed by atoms with E-state index < -0.39 is 0 Å². The quantitative estimate of drug-likeness (QED) is 0.782. The molecule has 0 saturated carbocycles. The maximum Gasteiger partial charge on any atom is 0.257 e. The highest BCUT2D eigenvalue weighted by Gasteiger charge is 2.22. The van der Waals surface area contributed by atoms with Crippen molar-refractivity contribution in [3.63, 3.8) is 0 Å². The highest BCUT2D eigenvalue weighted by molar-refractivity contribution is 5.96. The zero-order valence-electron chi connectivity index (χ0n) is 14.0. The second kappa shape index (κ2) is 6.70. The van der Waals surface area contributed by atoms with Crippen LogP contribution in [0, 0.1) is 6.92 Å². The third-order valence-electron chi connectivity index (χ3n) is 3.80. The number of carbonyl (C=O) groups is 1. The van der Waals surface area contributed by atoms with Crippen LogP contribution >= 0.6 is 0 Å². The molecule has 6 heteroatoms. The molecule has 2 heterocycles. The van der Waals surface area contributed by atoms with E-state index in [4.69, 9.17) is 4.52 Å². The fourth-order valence-electron chi connectivity index (χ4n) is 2.52. The van der Waals surface area contributed by atoms with Gasteiger partial charge in [-0.05, 0) is 30.7 Å². The van der Waals surface area contributed by atoms with Gasteiger partial charge in [-0.1, -0.05) is 31.1 Å². The van der Waals surface area contributed by atoms with Gasteiger partial charge in [0.2, 0.25) is 0 Å². The van der Waals surface area contributed by atoms with Gasteiger partial charge in [0.1, 0.15) is 5.56 Å². The van der Waals surface area contributed by atoms with Gasteiger partial charge in [-0.2, -0.15) is 5.10 Å². The van der Waals surface area contributed by atoms with Crippen LogP contribution in [-0.4, -0.2) is 20.8 Å². The average Bonchev–Trinajstić information content (AvgIpc) is 3.22. The summed E-state index contributed by atoms with van der Waals surface area (Å²) in [4.78, 5) is 12.5. The summed E-state index contributed by atoms with van der Waals surface area (Å²) >= 11 is 0. The van der Waals surface area contributed by atoms with Gasteiger partial charge in [0.05, 0.1) is 11.4 Å². The molecule has 0 saturated heterocycles. The van der Waals surface area contributed by atoms with Crippen LogP contribution in [0.25, 0.3) is 5.69 Å². The van der Waals surface area contributed by atoms with Crippen LogP contribution in [0.5, 0.6) is 0 Å². The van der Waals surface area contributed by atoms with E-state index >= 15 is 0 Å². The second-order valence-corrected chi connectivity index (χ2v) is 5.96. The number of hydrogen-bond acceptors (Lipinski definition) is 4. The van der Waals surface area contributed by atoms with Crippen molar-refractivity contribution in [2.75, 3.05) is 0 Å². The summed E-state index contributed by atoms with van der Waals surface area (Å²) in [6, 6.07) is 9.77. The Morgan fingerprint density at radius 3 is 2.67 bits per heavy atom. The van der Waals surface area contributed by atoms with Crippen molar-refractivity contribution < 1.29 is 9.32 Å². The molecule has 0 spiro atoms. The Morgan fingerprint density at radius 2 is 2.04 bits per heavy atom. The number of nitrogens with one attached hydrogen (secondary N) is 1. The maximum atomic E-state index is 12.5. The first-order valence-corrected chi connectivity index (χ1v) is 7.89. The van der Waals surface area contributed by atoms with Gasteiger partial charge < -0.3 is 9.84 Å². The molecule has 0 aliphatic rings. The fraction of sp³-hybridized carbons (Fsp3) is 0.278. The smallest absolute Gasteiger partial charge is 0.257 e. The lowest BCUT2D eigenvalue weighted by Crippen LogP contribution is -2.24. The molecule has 0 aliphatic carbocycles. The summed E-state index contributed by atoms with van der Waals surface area (Å²) in [6.07, 6.45) is 3.63. The van der Waals surface area contributed by atoms with Crippen LogP contribution in [0.1, 0.15) is 47.1 Å². The molecule has 1 amide bonds. The third kappa shape index (κ3) is 3.22. The van der Waals surface area contributed by atoms with Gasteiger partial charge in [-0.15, -0.1) is 0 Å². The Morgan fingerprint density at radius 1 is 1.29 bits per heavy atom. The molecule has 6 nitrogen and oxygen atoms in total. The van der Waals surface area contributed by atoms with Gasteiger partial charge in [-0.25, -0.2) is 4.68 Å². The van der Waals surface area contributed by atoms with Gasteiger partial charge in [-0.3, -0.25) is 4.79 Å². The Bertz CT molecular complexity index is 817. The van der Waals surface area contributed by atoms with Crippen LogP contribution in [0.15, 0.2) is 47.2 Å². The second-order valence-electron chi connectivity index (χ2n) is 5.96. The van der Waals surface area contributed by atoms with Crippen molar-refractivity contribution in [3.8, 4) is 5.69 Å². The Labute approximate surface area is 140 Å². The molecule has 3 aromatic rings. The van der Waals surface area contributed by atoms with E-state index in [1.807, 2.05) is 50.4 Å². The Kier molecular flexibility index (Phi) is 4.46. The van der Waals surface area contributed by atoms with Crippen molar-refractivity contribution in [2.45, 2.75) is 33.2 Å². The minimum atomic E-state index is -0.159. The van der Waals surface area contributed by atoms with Crippen LogP contribution < -0.4 is 5.32 Å². The Hall–Kier alpha value is -2.89. The van der Waals surface area contributed by atoms with Gasteiger partial charge in [0.25, 0.3) is 5.91 Å². The minimum Gasteiger partial charge on any atom is -0.360 e. The molecule has 3 rings (SSSR count). The predicted molar refractivity (Wildman–Crippen MR) is 90.1 cm³/mol. The first-order chi connectivity index (χ1) is 11.6. The molecule has 0 aliphatic heterocycles. The number of rotatable bonds is 5. The van der Waals surface area contributed by atoms with E-state index in [2.05, 4.69) is 15.6 Å². The molecular formula is C18H20N4O2. The summed E-state index contributed by atoms with van der Waals surface area (Å²) in [6.45, 7) is 6.18. The molecule has 124 valence electrons. The standard InChI is InChI=1S/C18H20N4O2/c1-12(2)17-16(13(3)21-24-17)18(23)19-11-14-5-7-15(8-6-14)22-10-4-9-20-22/h4-10,12H,11H2,1-3H3,(H,19,23). The molecule has 0 fully saturated rings. The predicted octanol–water partition coefficient (Wildman–Crippen LogP) is 3.22. The first-order valence-electron chi connectivity index (χ1n) is 7.89. The molecule has 2 aromatic heterocycles. The van der Waals surface area contributed by atoms with Crippen LogP contribution in [0.3, 0.4) is 0 Å². The lowest BCUT2D eigenvalue weighted by Gasteiger charge is -2.08. The maximum absolute atomic E-state index is 12.5. The lowest BCUT2D eigenvalue weighted by molar-refractivity contribution is 0.0948. The first kappa shape index (κ1) is 16.0. The Balaban J connectivity index is 1.68. The normalized spacial score (nSPS) is 11.0. The minimum absolute atomic E-state index is 0.111. The van der Waals surface area contributed by atoms with Gasteiger partial charge in [0, 0.05) is 24.9 Å².